The van der Waals surface area contributed by atoms with Crippen LogP contribution in [0.25, 0.3) is 0 Å². The van der Waals surface area contributed by atoms with Gasteiger partial charge in [0.15, 0.2) is 5.78 Å². The second-order valence-electron chi connectivity index (χ2n) is 3.53. The molecular formula is C10H14N2O. The summed E-state index contributed by atoms with van der Waals surface area (Å²) in [6, 6.07) is 0. The summed E-state index contributed by atoms with van der Waals surface area (Å²) in [7, 11) is 0. The van der Waals surface area contributed by atoms with E-state index in [9.17, 15) is 4.79 Å². The largest absolute Gasteiger partial charge is 0.365 e. The van der Waals surface area contributed by atoms with E-state index in [0.717, 1.165) is 25.2 Å². The summed E-state index contributed by atoms with van der Waals surface area (Å²) >= 11 is 0. The molecule has 0 aliphatic carbocycles. The Bertz CT molecular complexity index is 291. The quantitative estimate of drug-likeness (QED) is 0.633. The summed E-state index contributed by atoms with van der Waals surface area (Å²) in [5.74, 6) is 0.276. The van der Waals surface area contributed by atoms with Crippen LogP contribution in [-0.2, 0) is 4.79 Å². The molecular weight excluding hydrogens is 164 g/mol. The topological polar surface area (TPSA) is 46.3 Å². The number of Topliss-reactive ketones (excluding diaryl/α,β-unsaturated/α-hetero) is 1. The molecule has 0 bridgehead atoms. The minimum atomic E-state index is 0.276. The van der Waals surface area contributed by atoms with Crippen molar-refractivity contribution in [3.8, 4) is 0 Å². The van der Waals surface area contributed by atoms with Gasteiger partial charge in [-0.2, -0.15) is 0 Å². The highest BCUT2D eigenvalue weighted by atomic mass is 16.1. The van der Waals surface area contributed by atoms with E-state index in [0.29, 0.717) is 13.0 Å². The zero-order chi connectivity index (χ0) is 9.26. The normalized spacial score (nSPS) is 22.2. The van der Waals surface area contributed by atoms with Crippen LogP contribution < -0.4 is 5.73 Å². The summed E-state index contributed by atoms with van der Waals surface area (Å²) in [5, 5.41) is 0. The number of hydrogen-bond acceptors (Lipinski definition) is 3. The van der Waals surface area contributed by atoms with Crippen LogP contribution in [0.2, 0.25) is 0 Å². The first-order valence-corrected chi connectivity index (χ1v) is 4.69. The molecule has 2 N–H and O–H groups in total. The maximum atomic E-state index is 11.5. The van der Waals surface area contributed by atoms with Crippen molar-refractivity contribution in [3.63, 3.8) is 0 Å². The fourth-order valence-corrected chi connectivity index (χ4v) is 1.85. The third-order valence-electron chi connectivity index (χ3n) is 2.59. The van der Waals surface area contributed by atoms with E-state index in [4.69, 9.17) is 5.73 Å². The van der Waals surface area contributed by atoms with Gasteiger partial charge in [0.25, 0.3) is 0 Å². The fraction of sp³-hybridized carbons (Fsp3) is 0.500. The van der Waals surface area contributed by atoms with E-state index in [2.05, 4.69) is 4.90 Å². The van der Waals surface area contributed by atoms with Gasteiger partial charge in [-0.15, -0.1) is 0 Å². The molecule has 0 unspecified atom stereocenters. The number of carbonyl (C=O) groups excluding carboxylic acids is 1. The lowest BCUT2D eigenvalue weighted by Crippen LogP contribution is -2.37. The Balaban J connectivity index is 2.23. The van der Waals surface area contributed by atoms with Gasteiger partial charge in [0, 0.05) is 26.1 Å². The first-order valence-electron chi connectivity index (χ1n) is 4.69. The maximum Gasteiger partial charge on any atom is 0.178 e. The Kier molecular flexibility index (Phi) is 2.19. The van der Waals surface area contributed by atoms with Crippen LogP contribution in [0.3, 0.4) is 0 Å². The summed E-state index contributed by atoms with van der Waals surface area (Å²) in [4.78, 5) is 13.6. The number of rotatable bonds is 1. The van der Waals surface area contributed by atoms with Gasteiger partial charge >= 0.3 is 0 Å². The molecule has 1 fully saturated rings. The Hall–Kier alpha value is -1.09. The van der Waals surface area contributed by atoms with E-state index in [1.807, 2.05) is 12.2 Å². The third kappa shape index (κ3) is 1.52. The van der Waals surface area contributed by atoms with Crippen molar-refractivity contribution in [2.45, 2.75) is 12.8 Å². The molecule has 2 aliphatic rings. The van der Waals surface area contributed by atoms with Crippen LogP contribution >= 0.6 is 0 Å². The molecule has 0 atom stereocenters. The molecule has 2 aliphatic heterocycles. The van der Waals surface area contributed by atoms with E-state index in [1.54, 1.807) is 0 Å². The molecule has 0 aromatic heterocycles. The van der Waals surface area contributed by atoms with Gasteiger partial charge in [0.05, 0.1) is 5.70 Å². The van der Waals surface area contributed by atoms with Crippen molar-refractivity contribution >= 4 is 5.78 Å². The minimum absolute atomic E-state index is 0.276. The molecule has 0 aromatic rings. The van der Waals surface area contributed by atoms with Gasteiger partial charge in [-0.05, 0) is 18.1 Å². The zero-order valence-corrected chi connectivity index (χ0v) is 7.62. The van der Waals surface area contributed by atoms with E-state index in [1.165, 1.54) is 5.57 Å². The molecule has 13 heavy (non-hydrogen) atoms. The lowest BCUT2D eigenvalue weighted by molar-refractivity contribution is -0.118. The predicted molar refractivity (Wildman–Crippen MR) is 51.0 cm³/mol. The first-order chi connectivity index (χ1) is 6.31. The van der Waals surface area contributed by atoms with Crippen LogP contribution in [0.5, 0.6) is 0 Å². The van der Waals surface area contributed by atoms with Gasteiger partial charge in [0.1, 0.15) is 0 Å². The second kappa shape index (κ2) is 3.34. The van der Waals surface area contributed by atoms with Gasteiger partial charge in [-0.1, -0.05) is 6.08 Å². The van der Waals surface area contributed by atoms with Crippen LogP contribution in [0, 0.1) is 0 Å². The van der Waals surface area contributed by atoms with E-state index in [-0.39, 0.29) is 5.78 Å². The molecule has 3 heteroatoms. The summed E-state index contributed by atoms with van der Waals surface area (Å²) in [6.07, 6.45) is 5.57. The van der Waals surface area contributed by atoms with Crippen LogP contribution in [-0.4, -0.2) is 30.3 Å². The lowest BCUT2D eigenvalue weighted by atomic mass is 10.0. The highest BCUT2D eigenvalue weighted by Crippen LogP contribution is 2.21. The number of piperidine rings is 1. The van der Waals surface area contributed by atoms with Crippen molar-refractivity contribution in [2.24, 2.45) is 5.73 Å². The molecule has 2 heterocycles. The molecule has 0 saturated carbocycles. The average molecular weight is 178 g/mol. The van der Waals surface area contributed by atoms with Gasteiger partial charge in [-0.25, -0.2) is 0 Å². The monoisotopic (exact) mass is 178 g/mol. The summed E-state index contributed by atoms with van der Waals surface area (Å²) < 4.78 is 0. The van der Waals surface area contributed by atoms with Crippen molar-refractivity contribution in [1.29, 1.82) is 0 Å². The minimum Gasteiger partial charge on any atom is -0.365 e. The Labute approximate surface area is 77.9 Å². The van der Waals surface area contributed by atoms with Gasteiger partial charge in [-0.3, -0.25) is 4.79 Å². The average Bonchev–Trinajstić information content (AvgIpc) is 2.18. The first kappa shape index (κ1) is 8.51. The molecule has 0 aromatic carbocycles. The predicted octanol–water partition coefficient (Wildman–Crippen LogP) is 0.434. The Morgan fingerprint density at radius 1 is 1.46 bits per heavy atom. The van der Waals surface area contributed by atoms with Gasteiger partial charge in [0.2, 0.25) is 0 Å². The number of hydrogen-bond donors (Lipinski definition) is 1. The summed E-state index contributed by atoms with van der Waals surface area (Å²) in [6.45, 7) is 2.43. The van der Waals surface area contributed by atoms with Crippen LogP contribution in [0.15, 0.2) is 23.4 Å². The molecule has 0 amide bonds. The standard InChI is InChI=1S/C10H14N2O/c11-6-8-3-4-9-10(13)2-1-5-12(9)7-8/h3-4H,1-2,5-7,11H2. The highest BCUT2D eigenvalue weighted by molar-refractivity contribution is 5.96. The third-order valence-corrected chi connectivity index (χ3v) is 2.59. The molecule has 1 saturated heterocycles. The number of nitrogens with zero attached hydrogens (tertiary/aromatic N) is 1. The molecule has 2 rings (SSSR count). The van der Waals surface area contributed by atoms with Crippen molar-refractivity contribution in [1.82, 2.24) is 4.90 Å². The van der Waals surface area contributed by atoms with Crippen molar-refractivity contribution < 1.29 is 4.79 Å². The smallest absolute Gasteiger partial charge is 0.178 e. The molecule has 70 valence electrons. The van der Waals surface area contributed by atoms with Crippen molar-refractivity contribution in [3.05, 3.63) is 23.4 Å². The fourth-order valence-electron chi connectivity index (χ4n) is 1.85. The Morgan fingerprint density at radius 2 is 2.31 bits per heavy atom. The molecule has 3 nitrogen and oxygen atoms in total. The number of ketones is 1. The van der Waals surface area contributed by atoms with E-state index < -0.39 is 0 Å². The van der Waals surface area contributed by atoms with E-state index >= 15 is 0 Å². The molecule has 0 radical (unpaired) electrons. The number of carbonyl (C=O) groups is 1. The van der Waals surface area contributed by atoms with Crippen LogP contribution in [0.1, 0.15) is 12.8 Å². The summed E-state index contributed by atoms with van der Waals surface area (Å²) in [5.41, 5.74) is 7.64. The highest BCUT2D eigenvalue weighted by Gasteiger charge is 2.24. The lowest BCUT2D eigenvalue weighted by Gasteiger charge is -2.33. The number of fused-ring (bicyclic) bond motifs is 1. The van der Waals surface area contributed by atoms with Crippen LogP contribution in [0.4, 0.5) is 0 Å². The number of allylic oxidation sites excluding steroid dienone is 3. The second-order valence-corrected chi connectivity index (χ2v) is 3.53. The SMILES string of the molecule is NCC1=CC=C2C(=O)CCCN2C1. The zero-order valence-electron chi connectivity index (χ0n) is 7.62. The molecule has 0 spiro atoms. The Morgan fingerprint density at radius 3 is 3.08 bits per heavy atom. The maximum absolute atomic E-state index is 11.5. The number of nitrogens with two attached hydrogens (primary N) is 1. The van der Waals surface area contributed by atoms with Gasteiger partial charge < -0.3 is 10.6 Å². The van der Waals surface area contributed by atoms with Crippen molar-refractivity contribution in [2.75, 3.05) is 19.6 Å².